The number of nitrogens with one attached hydrogen (secondary N) is 2. The van der Waals surface area contributed by atoms with Crippen molar-refractivity contribution in [3.05, 3.63) is 73.9 Å². The number of hydrogen-bond acceptors (Lipinski definition) is 8. The van der Waals surface area contributed by atoms with E-state index in [0.29, 0.717) is 31.9 Å². The Labute approximate surface area is 235 Å². The first-order chi connectivity index (χ1) is 18.9. The number of H-pyrrole nitrogens is 1. The van der Waals surface area contributed by atoms with Crippen LogP contribution >= 0.6 is 11.6 Å². The van der Waals surface area contributed by atoms with E-state index < -0.39 is 44.5 Å². The maximum absolute atomic E-state index is 15.0. The van der Waals surface area contributed by atoms with E-state index in [1.807, 2.05) is 0 Å². The summed E-state index contributed by atoms with van der Waals surface area (Å²) in [6.45, 7) is 7.42. The second-order valence-electron chi connectivity index (χ2n) is 10.5. The second kappa shape index (κ2) is 10.7. The first-order valence-electron chi connectivity index (χ1n) is 12.8. The Balaban J connectivity index is 1.45. The molecule has 1 amide bonds. The van der Waals surface area contributed by atoms with Gasteiger partial charge in [0, 0.05) is 24.4 Å². The number of aryl methyl sites for hydroxylation is 1. The van der Waals surface area contributed by atoms with Gasteiger partial charge in [0.15, 0.2) is 5.03 Å². The van der Waals surface area contributed by atoms with Crippen molar-refractivity contribution in [1.29, 1.82) is 0 Å². The Bertz CT molecular complexity index is 1610. The molecule has 0 radical (unpaired) electrons. The summed E-state index contributed by atoms with van der Waals surface area (Å²) in [6, 6.07) is 4.07. The minimum absolute atomic E-state index is 0.0110. The van der Waals surface area contributed by atoms with E-state index in [1.54, 1.807) is 31.7 Å². The molecule has 3 aromatic rings. The van der Waals surface area contributed by atoms with E-state index in [-0.39, 0.29) is 27.6 Å². The number of likely N-dealkylation sites (tertiary alicyclic amines) is 1. The lowest BCUT2D eigenvalue weighted by Gasteiger charge is -2.47. The lowest BCUT2D eigenvalue weighted by atomic mass is 9.77. The van der Waals surface area contributed by atoms with Crippen molar-refractivity contribution in [2.75, 3.05) is 26.3 Å². The van der Waals surface area contributed by atoms with Gasteiger partial charge >= 0.3 is 5.76 Å². The molecular formula is C26H29ClFN5O6S. The second-order valence-corrected chi connectivity index (χ2v) is 12.6. The molecule has 0 saturated carbocycles. The van der Waals surface area contributed by atoms with E-state index in [1.165, 1.54) is 18.2 Å². The van der Waals surface area contributed by atoms with E-state index in [2.05, 4.69) is 19.9 Å². The van der Waals surface area contributed by atoms with Crippen molar-refractivity contribution >= 4 is 27.5 Å². The van der Waals surface area contributed by atoms with Crippen LogP contribution in [-0.2, 0) is 14.8 Å². The van der Waals surface area contributed by atoms with Gasteiger partial charge in [-0.2, -0.15) is 4.72 Å². The van der Waals surface area contributed by atoms with Crippen LogP contribution in [-0.4, -0.2) is 60.7 Å². The van der Waals surface area contributed by atoms with Gasteiger partial charge in [0.1, 0.15) is 17.6 Å². The number of aromatic amines is 1. The standard InChI is InChI=1S/C26H29ClFN5O6S/c1-14-4-6-18(28)20(15(14)2)16(3)21(23-30-31-25(35)39-23)32-40(36,37)19-7-5-17(27)22(29-19)24(34)33-10-8-26(9-11-33)12-38-13-26/h4-7,16,21,32H,8-13H2,1-3H3,(H,31,35). The largest absolute Gasteiger partial charge is 0.434 e. The normalized spacial score (nSPS) is 18.4. The average Bonchev–Trinajstić information content (AvgIpc) is 3.34. The van der Waals surface area contributed by atoms with Crippen LogP contribution < -0.4 is 10.5 Å². The molecule has 1 aromatic carbocycles. The van der Waals surface area contributed by atoms with Gasteiger partial charge in [-0.1, -0.05) is 24.6 Å². The molecule has 2 aromatic heterocycles. The molecule has 0 bridgehead atoms. The van der Waals surface area contributed by atoms with Gasteiger partial charge in [-0.25, -0.2) is 27.7 Å². The zero-order chi connectivity index (χ0) is 28.8. The fourth-order valence-corrected chi connectivity index (χ4v) is 6.64. The summed E-state index contributed by atoms with van der Waals surface area (Å²) in [5.41, 5.74) is 1.55. The monoisotopic (exact) mass is 593 g/mol. The van der Waals surface area contributed by atoms with E-state index in [9.17, 15) is 22.4 Å². The summed E-state index contributed by atoms with van der Waals surface area (Å²) in [5.74, 6) is -3.06. The van der Waals surface area contributed by atoms with Crippen LogP contribution in [0, 0.1) is 25.1 Å². The van der Waals surface area contributed by atoms with Crippen molar-refractivity contribution in [2.24, 2.45) is 5.41 Å². The Morgan fingerprint density at radius 2 is 1.90 bits per heavy atom. The number of carbonyl (C=O) groups excluding carboxylic acids is 1. The van der Waals surface area contributed by atoms with Gasteiger partial charge in [0.25, 0.3) is 15.9 Å². The van der Waals surface area contributed by atoms with Crippen molar-refractivity contribution in [2.45, 2.75) is 50.6 Å². The third-order valence-electron chi connectivity index (χ3n) is 7.92. The number of aromatic nitrogens is 3. The molecule has 11 nitrogen and oxygen atoms in total. The predicted octanol–water partition coefficient (Wildman–Crippen LogP) is 3.24. The number of halogens is 2. The summed E-state index contributed by atoms with van der Waals surface area (Å²) in [7, 11) is -4.45. The van der Waals surface area contributed by atoms with E-state index in [0.717, 1.165) is 18.4 Å². The number of piperidine rings is 1. The highest BCUT2D eigenvalue weighted by Gasteiger charge is 2.42. The maximum Gasteiger partial charge on any atom is 0.434 e. The summed E-state index contributed by atoms with van der Waals surface area (Å²) in [6.07, 6.45) is 1.55. The molecule has 214 valence electrons. The molecule has 1 spiro atoms. The number of amides is 1. The highest BCUT2D eigenvalue weighted by molar-refractivity contribution is 7.89. The zero-order valence-electron chi connectivity index (χ0n) is 22.2. The average molecular weight is 594 g/mol. The fraction of sp³-hybridized carbons (Fsp3) is 0.462. The molecule has 4 heterocycles. The molecule has 14 heteroatoms. The number of ether oxygens (including phenoxy) is 1. The first kappa shape index (κ1) is 28.4. The van der Waals surface area contributed by atoms with Crippen LogP contribution in [0.3, 0.4) is 0 Å². The highest BCUT2D eigenvalue weighted by atomic mass is 35.5. The number of rotatable bonds is 7. The minimum atomic E-state index is -4.45. The summed E-state index contributed by atoms with van der Waals surface area (Å²) >= 11 is 6.29. The Morgan fingerprint density at radius 3 is 2.50 bits per heavy atom. The number of hydrogen-bond donors (Lipinski definition) is 2. The quantitative estimate of drug-likeness (QED) is 0.424. The van der Waals surface area contributed by atoms with Crippen molar-refractivity contribution in [3.63, 3.8) is 0 Å². The molecule has 2 aliphatic rings. The lowest BCUT2D eigenvalue weighted by molar-refractivity contribution is -0.136. The van der Waals surface area contributed by atoms with E-state index in [4.69, 9.17) is 20.8 Å². The SMILES string of the molecule is Cc1ccc(F)c(C(C)C(NS(=O)(=O)c2ccc(Cl)c(C(=O)N3CCC4(CC3)COC4)n2)c2n[nH]c(=O)o2)c1C. The summed E-state index contributed by atoms with van der Waals surface area (Å²) < 4.78 is 55.0. The number of benzene rings is 1. The van der Waals surface area contributed by atoms with Gasteiger partial charge in [0.05, 0.1) is 18.2 Å². The topological polar surface area (TPSA) is 147 Å². The molecule has 0 aliphatic carbocycles. The van der Waals surface area contributed by atoms with Gasteiger partial charge < -0.3 is 14.1 Å². The number of sulfonamides is 1. The smallest absolute Gasteiger partial charge is 0.391 e. The lowest BCUT2D eigenvalue weighted by Crippen LogP contribution is -2.52. The molecule has 2 saturated heterocycles. The molecular weight excluding hydrogens is 565 g/mol. The van der Waals surface area contributed by atoms with Gasteiger partial charge in [0.2, 0.25) is 5.89 Å². The molecule has 2 N–H and O–H groups in total. The van der Waals surface area contributed by atoms with Gasteiger partial charge in [-0.05, 0) is 61.6 Å². The van der Waals surface area contributed by atoms with Crippen molar-refractivity contribution in [3.8, 4) is 0 Å². The first-order valence-corrected chi connectivity index (χ1v) is 14.6. The van der Waals surface area contributed by atoms with Crippen LogP contribution in [0.4, 0.5) is 4.39 Å². The Kier molecular flexibility index (Phi) is 7.59. The van der Waals surface area contributed by atoms with Gasteiger partial charge in [-0.15, -0.1) is 5.10 Å². The van der Waals surface area contributed by atoms with E-state index >= 15 is 0 Å². The molecule has 2 fully saturated rings. The van der Waals surface area contributed by atoms with Crippen LogP contribution in [0.25, 0.3) is 0 Å². The molecule has 2 aliphatic heterocycles. The van der Waals surface area contributed by atoms with Crippen LogP contribution in [0.2, 0.25) is 5.02 Å². The number of nitrogens with zero attached hydrogens (tertiary/aromatic N) is 3. The van der Waals surface area contributed by atoms with Crippen LogP contribution in [0.5, 0.6) is 0 Å². The highest BCUT2D eigenvalue weighted by Crippen LogP contribution is 2.39. The Morgan fingerprint density at radius 1 is 1.20 bits per heavy atom. The summed E-state index contributed by atoms with van der Waals surface area (Å²) in [5, 5.41) is 5.45. The van der Waals surface area contributed by atoms with Crippen molar-refractivity contribution < 1.29 is 26.8 Å². The van der Waals surface area contributed by atoms with Crippen LogP contribution in [0.1, 0.15) is 64.8 Å². The third kappa shape index (κ3) is 5.30. The number of carbonyl (C=O) groups is 1. The maximum atomic E-state index is 15.0. The zero-order valence-corrected chi connectivity index (χ0v) is 23.7. The molecule has 40 heavy (non-hydrogen) atoms. The predicted molar refractivity (Wildman–Crippen MR) is 142 cm³/mol. The third-order valence-corrected chi connectivity index (χ3v) is 9.56. The Hall–Kier alpha value is -3.13. The fourth-order valence-electron chi connectivity index (χ4n) is 5.24. The van der Waals surface area contributed by atoms with Gasteiger partial charge in [-0.3, -0.25) is 4.79 Å². The minimum Gasteiger partial charge on any atom is -0.391 e. The molecule has 2 atom stereocenters. The molecule has 5 rings (SSSR count). The van der Waals surface area contributed by atoms with Crippen LogP contribution in [0.15, 0.2) is 38.5 Å². The summed E-state index contributed by atoms with van der Waals surface area (Å²) in [4.78, 5) is 30.8. The number of pyridine rings is 1. The molecule has 2 unspecified atom stereocenters. The van der Waals surface area contributed by atoms with Crippen molar-refractivity contribution in [1.82, 2.24) is 24.8 Å².